The number of nitrogens with zero attached hydrogens (tertiary/aromatic N) is 1. The Labute approximate surface area is 116 Å². The molecule has 100 valence electrons. The summed E-state index contributed by atoms with van der Waals surface area (Å²) in [5.41, 5.74) is 4.18. The maximum absolute atomic E-state index is 11.8. The highest BCUT2D eigenvalue weighted by Crippen LogP contribution is 2.20. The van der Waals surface area contributed by atoms with Crippen LogP contribution in [0.25, 0.3) is 6.08 Å². The second-order valence-electron chi connectivity index (χ2n) is 4.84. The normalized spacial score (nSPS) is 16.4. The number of ether oxygens (including phenoxy) is 1. The number of aromatic nitrogens is 1. The Morgan fingerprint density at radius 2 is 1.95 bits per heavy atom. The van der Waals surface area contributed by atoms with Crippen molar-refractivity contribution in [2.24, 2.45) is 4.99 Å². The van der Waals surface area contributed by atoms with E-state index in [9.17, 15) is 4.79 Å². The van der Waals surface area contributed by atoms with Gasteiger partial charge in [-0.05, 0) is 44.2 Å². The van der Waals surface area contributed by atoms with Crippen LogP contribution in [0.15, 0.2) is 47.2 Å². The molecule has 1 aromatic heterocycles. The van der Waals surface area contributed by atoms with Gasteiger partial charge in [0.25, 0.3) is 0 Å². The number of H-pyrrole nitrogens is 1. The van der Waals surface area contributed by atoms with Crippen molar-refractivity contribution in [3.63, 3.8) is 0 Å². The van der Waals surface area contributed by atoms with Crippen molar-refractivity contribution in [1.29, 1.82) is 0 Å². The van der Waals surface area contributed by atoms with Crippen LogP contribution in [-0.2, 0) is 9.53 Å². The first-order valence-electron chi connectivity index (χ1n) is 6.36. The van der Waals surface area contributed by atoms with Gasteiger partial charge in [0.05, 0.1) is 0 Å². The van der Waals surface area contributed by atoms with E-state index in [1.54, 1.807) is 12.3 Å². The first kappa shape index (κ1) is 12.4. The minimum absolute atomic E-state index is 0.307. The van der Waals surface area contributed by atoms with Crippen LogP contribution in [0.2, 0.25) is 0 Å². The summed E-state index contributed by atoms with van der Waals surface area (Å²) in [5.74, 6) is -0.0617. The molecule has 3 rings (SSSR count). The average Bonchev–Trinajstić information content (AvgIpc) is 3.00. The number of cyclic esters (lactones) is 1. The SMILES string of the molecule is Cc1cc(C)cc(C2=N/C(=C/c3ccc[nH]3)C(=O)O2)c1. The molecule has 0 saturated carbocycles. The maximum Gasteiger partial charge on any atom is 0.363 e. The van der Waals surface area contributed by atoms with Gasteiger partial charge in [0, 0.05) is 17.5 Å². The highest BCUT2D eigenvalue weighted by atomic mass is 16.6. The molecular weight excluding hydrogens is 252 g/mol. The highest BCUT2D eigenvalue weighted by Gasteiger charge is 2.24. The van der Waals surface area contributed by atoms with Gasteiger partial charge in [0.1, 0.15) is 0 Å². The Kier molecular flexibility index (Phi) is 2.99. The third-order valence-electron chi connectivity index (χ3n) is 3.00. The van der Waals surface area contributed by atoms with Crippen molar-refractivity contribution in [2.45, 2.75) is 13.8 Å². The summed E-state index contributed by atoms with van der Waals surface area (Å²) in [6.45, 7) is 4.01. The molecule has 0 spiro atoms. The average molecular weight is 266 g/mol. The zero-order chi connectivity index (χ0) is 14.1. The van der Waals surface area contributed by atoms with Gasteiger partial charge in [-0.2, -0.15) is 0 Å². The molecule has 0 unspecified atom stereocenters. The molecule has 4 nitrogen and oxygen atoms in total. The molecule has 0 aliphatic carbocycles. The number of aliphatic imine (C=N–C) groups is 1. The van der Waals surface area contributed by atoms with Crippen molar-refractivity contribution in [3.05, 3.63) is 64.6 Å². The van der Waals surface area contributed by atoms with Gasteiger partial charge >= 0.3 is 5.97 Å². The number of esters is 1. The van der Waals surface area contributed by atoms with Gasteiger partial charge in [-0.3, -0.25) is 0 Å². The van der Waals surface area contributed by atoms with E-state index in [1.807, 2.05) is 38.1 Å². The molecular formula is C16H14N2O2. The lowest BCUT2D eigenvalue weighted by Crippen LogP contribution is -2.05. The number of hydrogen-bond acceptors (Lipinski definition) is 3. The second kappa shape index (κ2) is 4.81. The van der Waals surface area contributed by atoms with Crippen LogP contribution in [0, 0.1) is 13.8 Å². The molecule has 0 radical (unpaired) electrons. The Bertz CT molecular complexity index is 705. The van der Waals surface area contributed by atoms with E-state index < -0.39 is 5.97 Å². The van der Waals surface area contributed by atoms with Crippen LogP contribution in [0.5, 0.6) is 0 Å². The highest BCUT2D eigenvalue weighted by molar-refractivity contribution is 6.12. The van der Waals surface area contributed by atoms with Crippen molar-refractivity contribution in [3.8, 4) is 0 Å². The molecule has 20 heavy (non-hydrogen) atoms. The number of carbonyl (C=O) groups excluding carboxylic acids is 1. The van der Waals surface area contributed by atoms with E-state index in [2.05, 4.69) is 16.0 Å². The van der Waals surface area contributed by atoms with Gasteiger partial charge in [0.2, 0.25) is 5.90 Å². The molecule has 2 heterocycles. The standard InChI is InChI=1S/C16H14N2O2/c1-10-6-11(2)8-12(7-10)15-18-14(16(19)20-15)9-13-4-3-5-17-13/h3-9,17H,1-2H3/b14-9+. The number of carbonyl (C=O) groups is 1. The first-order chi connectivity index (χ1) is 9.61. The molecule has 0 bridgehead atoms. The lowest BCUT2D eigenvalue weighted by Gasteiger charge is -2.03. The molecule has 0 atom stereocenters. The van der Waals surface area contributed by atoms with Gasteiger partial charge in [0.15, 0.2) is 5.70 Å². The second-order valence-corrected chi connectivity index (χ2v) is 4.84. The summed E-state index contributed by atoms with van der Waals surface area (Å²) in [4.78, 5) is 19.1. The molecule has 1 N–H and O–H groups in total. The Balaban J connectivity index is 1.98. The fraction of sp³-hybridized carbons (Fsp3) is 0.125. The van der Waals surface area contributed by atoms with E-state index in [4.69, 9.17) is 4.74 Å². The fourth-order valence-corrected chi connectivity index (χ4v) is 2.21. The predicted molar refractivity (Wildman–Crippen MR) is 77.3 cm³/mol. The van der Waals surface area contributed by atoms with Crippen molar-refractivity contribution < 1.29 is 9.53 Å². The van der Waals surface area contributed by atoms with Crippen molar-refractivity contribution in [2.75, 3.05) is 0 Å². The summed E-state index contributed by atoms with van der Waals surface area (Å²) in [5, 5.41) is 0. The van der Waals surface area contributed by atoms with Crippen LogP contribution in [-0.4, -0.2) is 16.9 Å². The van der Waals surface area contributed by atoms with Crippen molar-refractivity contribution in [1.82, 2.24) is 4.98 Å². The van der Waals surface area contributed by atoms with E-state index >= 15 is 0 Å². The smallest absolute Gasteiger partial charge is 0.363 e. The monoisotopic (exact) mass is 266 g/mol. The fourth-order valence-electron chi connectivity index (χ4n) is 2.21. The molecule has 4 heteroatoms. The third kappa shape index (κ3) is 2.40. The van der Waals surface area contributed by atoms with Gasteiger partial charge in [-0.15, -0.1) is 0 Å². The number of aryl methyl sites for hydroxylation is 2. The summed E-state index contributed by atoms with van der Waals surface area (Å²) >= 11 is 0. The number of aromatic amines is 1. The Hall–Kier alpha value is -2.62. The Morgan fingerprint density at radius 1 is 1.20 bits per heavy atom. The van der Waals surface area contributed by atoms with E-state index in [1.165, 1.54) is 0 Å². The zero-order valence-corrected chi connectivity index (χ0v) is 11.3. The summed E-state index contributed by atoms with van der Waals surface area (Å²) < 4.78 is 5.25. The zero-order valence-electron chi connectivity index (χ0n) is 11.3. The minimum atomic E-state index is -0.422. The van der Waals surface area contributed by atoms with Crippen LogP contribution in [0.1, 0.15) is 22.4 Å². The van der Waals surface area contributed by atoms with Crippen LogP contribution < -0.4 is 0 Å². The molecule has 2 aromatic rings. The molecule has 1 aromatic carbocycles. The van der Waals surface area contributed by atoms with Crippen LogP contribution >= 0.6 is 0 Å². The van der Waals surface area contributed by atoms with E-state index in [0.29, 0.717) is 11.6 Å². The molecule has 0 fully saturated rings. The van der Waals surface area contributed by atoms with Gasteiger partial charge in [-0.1, -0.05) is 17.2 Å². The molecule has 0 saturated heterocycles. The van der Waals surface area contributed by atoms with Gasteiger partial charge in [-0.25, -0.2) is 9.79 Å². The minimum Gasteiger partial charge on any atom is -0.402 e. The van der Waals surface area contributed by atoms with E-state index in [0.717, 1.165) is 22.4 Å². The summed E-state index contributed by atoms with van der Waals surface area (Å²) in [7, 11) is 0. The molecule has 0 amide bonds. The summed E-state index contributed by atoms with van der Waals surface area (Å²) in [6.07, 6.45) is 3.47. The first-order valence-corrected chi connectivity index (χ1v) is 6.36. The number of nitrogens with one attached hydrogen (secondary N) is 1. The van der Waals surface area contributed by atoms with Crippen molar-refractivity contribution >= 4 is 17.9 Å². The number of hydrogen-bond donors (Lipinski definition) is 1. The lowest BCUT2D eigenvalue weighted by molar-refractivity contribution is -0.129. The Morgan fingerprint density at radius 3 is 2.60 bits per heavy atom. The van der Waals surface area contributed by atoms with Crippen LogP contribution in [0.4, 0.5) is 0 Å². The van der Waals surface area contributed by atoms with E-state index in [-0.39, 0.29) is 0 Å². The lowest BCUT2D eigenvalue weighted by atomic mass is 10.1. The number of rotatable bonds is 2. The molecule has 1 aliphatic heterocycles. The predicted octanol–water partition coefficient (Wildman–Crippen LogP) is 2.98. The van der Waals surface area contributed by atoms with Crippen LogP contribution in [0.3, 0.4) is 0 Å². The summed E-state index contributed by atoms with van der Waals surface area (Å²) in [6, 6.07) is 9.70. The largest absolute Gasteiger partial charge is 0.402 e. The molecule has 1 aliphatic rings. The number of benzene rings is 1. The third-order valence-corrected chi connectivity index (χ3v) is 3.00. The topological polar surface area (TPSA) is 54.5 Å². The van der Waals surface area contributed by atoms with Gasteiger partial charge < -0.3 is 9.72 Å². The quantitative estimate of drug-likeness (QED) is 0.671. The maximum atomic E-state index is 11.8.